The Bertz CT molecular complexity index is 713. The van der Waals surface area contributed by atoms with Crippen molar-refractivity contribution in [1.29, 1.82) is 0 Å². The largest absolute Gasteiger partial charge is 0.289 e. The van der Waals surface area contributed by atoms with Crippen LogP contribution in [0.25, 0.3) is 0 Å². The molecule has 90 valence electrons. The Balaban J connectivity index is 2.37. The Kier molecular flexibility index (Phi) is 2.25. The quantitative estimate of drug-likeness (QED) is 0.621. The number of hydrogen-bond acceptors (Lipinski definition) is 3. The fourth-order valence-corrected chi connectivity index (χ4v) is 3.46. The summed E-state index contributed by atoms with van der Waals surface area (Å²) < 4.78 is 13.2. The van der Waals surface area contributed by atoms with Gasteiger partial charge in [0.15, 0.2) is 11.6 Å². The highest BCUT2D eigenvalue weighted by Crippen LogP contribution is 2.36. The Hall–Kier alpha value is -1.81. The zero-order chi connectivity index (χ0) is 13.0. The van der Waals surface area contributed by atoms with E-state index in [0.717, 1.165) is 15.8 Å². The van der Waals surface area contributed by atoms with Gasteiger partial charge >= 0.3 is 0 Å². The normalized spacial score (nSPS) is 13.5. The van der Waals surface area contributed by atoms with Crippen LogP contribution in [0.15, 0.2) is 18.2 Å². The number of fused-ring (bicyclic) bond motifs is 2. The molecule has 0 aliphatic heterocycles. The van der Waals surface area contributed by atoms with Crippen molar-refractivity contribution in [3.8, 4) is 0 Å². The number of halogens is 1. The average molecular weight is 260 g/mol. The van der Waals surface area contributed by atoms with Crippen LogP contribution in [0.2, 0.25) is 0 Å². The van der Waals surface area contributed by atoms with Crippen molar-refractivity contribution in [2.24, 2.45) is 0 Å². The lowest BCUT2D eigenvalue weighted by Gasteiger charge is -2.15. The predicted octanol–water partition coefficient (Wildman–Crippen LogP) is 3.28. The van der Waals surface area contributed by atoms with Gasteiger partial charge in [-0.15, -0.1) is 11.3 Å². The Labute approximate surface area is 107 Å². The summed E-state index contributed by atoms with van der Waals surface area (Å²) in [6, 6.07) is 3.74. The molecule has 0 saturated heterocycles. The molecule has 1 aromatic carbocycles. The number of carbonyl (C=O) groups is 2. The molecule has 0 spiro atoms. The number of aryl methyl sites for hydroxylation is 2. The molecule has 18 heavy (non-hydrogen) atoms. The van der Waals surface area contributed by atoms with Crippen LogP contribution in [0.5, 0.6) is 0 Å². The van der Waals surface area contributed by atoms with Crippen molar-refractivity contribution >= 4 is 22.9 Å². The molecule has 0 fully saturated rings. The Morgan fingerprint density at radius 2 is 1.50 bits per heavy atom. The van der Waals surface area contributed by atoms with Gasteiger partial charge in [-0.3, -0.25) is 9.59 Å². The van der Waals surface area contributed by atoms with Crippen LogP contribution < -0.4 is 0 Å². The molecule has 1 aliphatic rings. The molecule has 2 nitrogen and oxygen atoms in total. The lowest BCUT2D eigenvalue weighted by Crippen LogP contribution is -2.20. The molecule has 3 rings (SSSR count). The first kappa shape index (κ1) is 11.3. The summed E-state index contributed by atoms with van der Waals surface area (Å²) in [4.78, 5) is 26.3. The molecule has 1 aromatic heterocycles. The molecular formula is C14H9FO2S. The maximum absolute atomic E-state index is 13.2. The molecule has 1 aliphatic carbocycles. The SMILES string of the molecule is Cc1sc(C)c2c1C(=O)c1ccc(F)cc1C2=O. The maximum Gasteiger partial charge on any atom is 0.195 e. The molecular weight excluding hydrogens is 251 g/mol. The Morgan fingerprint density at radius 3 is 2.11 bits per heavy atom. The number of thiophene rings is 1. The van der Waals surface area contributed by atoms with Crippen molar-refractivity contribution in [1.82, 2.24) is 0 Å². The third-order valence-electron chi connectivity index (χ3n) is 3.19. The van der Waals surface area contributed by atoms with Gasteiger partial charge in [0, 0.05) is 32.0 Å². The summed E-state index contributed by atoms with van der Waals surface area (Å²) in [6.07, 6.45) is 0. The highest BCUT2D eigenvalue weighted by Gasteiger charge is 2.34. The lowest BCUT2D eigenvalue weighted by atomic mass is 9.84. The second-order valence-electron chi connectivity index (χ2n) is 4.31. The summed E-state index contributed by atoms with van der Waals surface area (Å²) in [5.41, 5.74) is 1.41. The second-order valence-corrected chi connectivity index (χ2v) is 5.74. The monoisotopic (exact) mass is 260 g/mol. The molecule has 0 atom stereocenters. The van der Waals surface area contributed by atoms with Crippen molar-refractivity contribution in [3.05, 3.63) is 56.0 Å². The van der Waals surface area contributed by atoms with Crippen LogP contribution in [-0.4, -0.2) is 11.6 Å². The molecule has 1 heterocycles. The van der Waals surface area contributed by atoms with Gasteiger partial charge in [-0.1, -0.05) is 0 Å². The average Bonchev–Trinajstić information content (AvgIpc) is 2.61. The predicted molar refractivity (Wildman–Crippen MR) is 67.1 cm³/mol. The van der Waals surface area contributed by atoms with Gasteiger partial charge in [0.25, 0.3) is 0 Å². The highest BCUT2D eigenvalue weighted by molar-refractivity contribution is 7.12. The molecule has 0 N–H and O–H groups in total. The summed E-state index contributed by atoms with van der Waals surface area (Å²) in [5, 5.41) is 0. The summed E-state index contributed by atoms with van der Waals surface area (Å²) in [7, 11) is 0. The van der Waals surface area contributed by atoms with Crippen molar-refractivity contribution in [2.75, 3.05) is 0 Å². The minimum absolute atomic E-state index is 0.174. The van der Waals surface area contributed by atoms with E-state index in [4.69, 9.17) is 0 Å². The molecule has 0 amide bonds. The molecule has 4 heteroatoms. The number of rotatable bonds is 0. The van der Waals surface area contributed by atoms with Crippen molar-refractivity contribution in [2.45, 2.75) is 13.8 Å². The van der Waals surface area contributed by atoms with Crippen LogP contribution in [0.4, 0.5) is 4.39 Å². The van der Waals surface area contributed by atoms with Gasteiger partial charge in [-0.05, 0) is 32.0 Å². The number of ketones is 2. The first-order chi connectivity index (χ1) is 8.50. The van der Waals surface area contributed by atoms with Crippen LogP contribution in [0.3, 0.4) is 0 Å². The third-order valence-corrected chi connectivity index (χ3v) is 4.21. The topological polar surface area (TPSA) is 34.1 Å². The van der Waals surface area contributed by atoms with E-state index in [2.05, 4.69) is 0 Å². The fraction of sp³-hybridized carbons (Fsp3) is 0.143. The fourth-order valence-electron chi connectivity index (χ4n) is 2.40. The molecule has 2 aromatic rings. The zero-order valence-electron chi connectivity index (χ0n) is 9.83. The van der Waals surface area contributed by atoms with Crippen molar-refractivity contribution < 1.29 is 14.0 Å². The van der Waals surface area contributed by atoms with Gasteiger partial charge in [0.05, 0.1) is 0 Å². The maximum atomic E-state index is 13.2. The lowest BCUT2D eigenvalue weighted by molar-refractivity contribution is 0.0979. The third kappa shape index (κ3) is 1.32. The van der Waals surface area contributed by atoms with Crippen LogP contribution >= 0.6 is 11.3 Å². The van der Waals surface area contributed by atoms with Gasteiger partial charge in [-0.2, -0.15) is 0 Å². The molecule has 0 radical (unpaired) electrons. The van der Waals surface area contributed by atoms with E-state index in [9.17, 15) is 14.0 Å². The first-order valence-electron chi connectivity index (χ1n) is 5.49. The van der Waals surface area contributed by atoms with Crippen LogP contribution in [-0.2, 0) is 0 Å². The minimum Gasteiger partial charge on any atom is -0.289 e. The molecule has 0 unspecified atom stereocenters. The van der Waals surface area contributed by atoms with E-state index in [1.54, 1.807) is 0 Å². The minimum atomic E-state index is -0.497. The molecule has 0 saturated carbocycles. The molecule has 0 bridgehead atoms. The van der Waals surface area contributed by atoms with Gasteiger partial charge in [0.1, 0.15) is 5.82 Å². The number of benzene rings is 1. The zero-order valence-corrected chi connectivity index (χ0v) is 10.7. The van der Waals surface area contributed by atoms with Crippen LogP contribution in [0.1, 0.15) is 41.6 Å². The summed E-state index contributed by atoms with van der Waals surface area (Å²) >= 11 is 1.43. The van der Waals surface area contributed by atoms with Gasteiger partial charge in [0.2, 0.25) is 0 Å². The van der Waals surface area contributed by atoms with E-state index < -0.39 is 5.82 Å². The number of carbonyl (C=O) groups excluding carboxylic acids is 2. The van der Waals surface area contributed by atoms with E-state index in [1.807, 2.05) is 13.8 Å². The van der Waals surface area contributed by atoms with E-state index in [0.29, 0.717) is 16.7 Å². The standard InChI is InChI=1S/C14H9FO2S/c1-6-11-12(7(2)18-6)14(17)10-5-8(15)3-4-9(10)13(11)16/h3-5H,1-2H3. The Morgan fingerprint density at radius 1 is 0.944 bits per heavy atom. The van der Waals surface area contributed by atoms with Crippen molar-refractivity contribution in [3.63, 3.8) is 0 Å². The highest BCUT2D eigenvalue weighted by atomic mass is 32.1. The van der Waals surface area contributed by atoms with Gasteiger partial charge < -0.3 is 0 Å². The van der Waals surface area contributed by atoms with Crippen LogP contribution in [0, 0.1) is 19.7 Å². The number of hydrogen-bond donors (Lipinski definition) is 0. The summed E-state index contributed by atoms with van der Waals surface area (Å²) in [5.74, 6) is -0.926. The van der Waals surface area contributed by atoms with Gasteiger partial charge in [-0.25, -0.2) is 4.39 Å². The first-order valence-corrected chi connectivity index (χ1v) is 6.31. The van der Waals surface area contributed by atoms with E-state index in [-0.39, 0.29) is 17.1 Å². The smallest absolute Gasteiger partial charge is 0.195 e. The second kappa shape index (κ2) is 3.59. The van der Waals surface area contributed by atoms with E-state index >= 15 is 0 Å². The van der Waals surface area contributed by atoms with E-state index in [1.165, 1.54) is 23.5 Å². The summed E-state index contributed by atoms with van der Waals surface area (Å²) in [6.45, 7) is 3.64.